The molecule has 5 rings (SSSR count). The highest BCUT2D eigenvalue weighted by Crippen LogP contribution is 2.33. The average molecular weight is 502 g/mol. The van der Waals surface area contributed by atoms with E-state index < -0.39 is 12.1 Å². The third kappa shape index (κ3) is 4.96. The fourth-order valence-electron chi connectivity index (χ4n) is 3.55. The Bertz CT molecular complexity index is 1300. The molecular formula is C21H17F3N8O2S. The number of alkyl halides is 3. The summed E-state index contributed by atoms with van der Waals surface area (Å²) in [6.45, 7) is 1.68. The highest BCUT2D eigenvalue weighted by Gasteiger charge is 2.38. The summed E-state index contributed by atoms with van der Waals surface area (Å²) in [6.07, 6.45) is 1.84. The molecule has 0 spiro atoms. The third-order valence-electron chi connectivity index (χ3n) is 5.23. The monoisotopic (exact) mass is 502 g/mol. The quantitative estimate of drug-likeness (QED) is 0.386. The Hall–Kier alpha value is -3.94. The van der Waals surface area contributed by atoms with Crippen LogP contribution >= 0.6 is 11.3 Å². The van der Waals surface area contributed by atoms with E-state index in [0.29, 0.717) is 29.6 Å². The average Bonchev–Trinajstić information content (AvgIpc) is 3.64. The minimum atomic E-state index is -4.71. The molecule has 14 heteroatoms. The predicted molar refractivity (Wildman–Crippen MR) is 118 cm³/mol. The number of carbonyl (C=O) groups is 1. The Labute approximate surface area is 200 Å². The maximum absolute atomic E-state index is 12.8. The van der Waals surface area contributed by atoms with Crippen LogP contribution in [0, 0.1) is 0 Å². The highest BCUT2D eigenvalue weighted by molar-refractivity contribution is 7.15. The fraction of sp³-hybridized carbons (Fsp3) is 0.286. The molecule has 1 aliphatic rings. The van der Waals surface area contributed by atoms with Crippen molar-refractivity contribution in [2.75, 3.05) is 18.0 Å². The summed E-state index contributed by atoms with van der Waals surface area (Å²) in [5, 5.41) is 11.8. The van der Waals surface area contributed by atoms with E-state index in [1.54, 1.807) is 40.3 Å². The number of likely N-dealkylation sites (tertiary alicyclic amines) is 1. The van der Waals surface area contributed by atoms with Crippen molar-refractivity contribution in [3.8, 4) is 10.7 Å². The van der Waals surface area contributed by atoms with E-state index in [9.17, 15) is 18.0 Å². The molecule has 10 nitrogen and oxygen atoms in total. The van der Waals surface area contributed by atoms with Gasteiger partial charge >= 0.3 is 12.1 Å². The molecule has 5 heterocycles. The lowest BCUT2D eigenvalue weighted by Crippen LogP contribution is -2.29. The van der Waals surface area contributed by atoms with Gasteiger partial charge in [0.25, 0.3) is 5.91 Å². The molecule has 0 unspecified atom stereocenters. The van der Waals surface area contributed by atoms with Gasteiger partial charge in [-0.25, -0.2) is 4.98 Å². The molecule has 1 saturated heterocycles. The van der Waals surface area contributed by atoms with Crippen molar-refractivity contribution in [2.24, 2.45) is 0 Å². The second-order valence-corrected chi connectivity index (χ2v) is 8.78. The Morgan fingerprint density at radius 1 is 1.09 bits per heavy atom. The van der Waals surface area contributed by atoms with Gasteiger partial charge in [-0.05, 0) is 37.1 Å². The first-order valence-electron chi connectivity index (χ1n) is 10.5. The summed E-state index contributed by atoms with van der Waals surface area (Å²) in [5.74, 6) is -0.799. The Morgan fingerprint density at radius 3 is 2.57 bits per heavy atom. The number of thiophene rings is 1. The van der Waals surface area contributed by atoms with Crippen LogP contribution in [0.5, 0.6) is 0 Å². The minimum absolute atomic E-state index is 0.149. The summed E-state index contributed by atoms with van der Waals surface area (Å²) in [7, 11) is 0. The van der Waals surface area contributed by atoms with Crippen molar-refractivity contribution < 1.29 is 22.5 Å². The van der Waals surface area contributed by atoms with E-state index in [1.807, 2.05) is 0 Å². The van der Waals surface area contributed by atoms with Crippen LogP contribution in [0.2, 0.25) is 0 Å². The van der Waals surface area contributed by atoms with Crippen LogP contribution in [0.3, 0.4) is 0 Å². The first-order chi connectivity index (χ1) is 16.9. The lowest BCUT2D eigenvalue weighted by atomic mass is 10.3. The van der Waals surface area contributed by atoms with Gasteiger partial charge in [-0.15, -0.1) is 21.5 Å². The molecular weight excluding hydrogens is 485 g/mol. The molecule has 180 valence electrons. The van der Waals surface area contributed by atoms with Gasteiger partial charge in [0.05, 0.1) is 17.6 Å². The summed E-state index contributed by atoms with van der Waals surface area (Å²) >= 11 is 1.20. The summed E-state index contributed by atoms with van der Waals surface area (Å²) in [5.41, 5.74) is 0.255. The van der Waals surface area contributed by atoms with Gasteiger partial charge in [0.2, 0.25) is 5.82 Å². The maximum Gasteiger partial charge on any atom is 0.471 e. The molecule has 0 atom stereocenters. The van der Waals surface area contributed by atoms with Crippen LogP contribution in [-0.2, 0) is 12.7 Å². The molecule has 0 aliphatic carbocycles. The van der Waals surface area contributed by atoms with Gasteiger partial charge in [-0.3, -0.25) is 9.78 Å². The van der Waals surface area contributed by atoms with Crippen molar-refractivity contribution in [1.29, 1.82) is 0 Å². The molecule has 0 N–H and O–H groups in total. The molecule has 0 aromatic carbocycles. The maximum atomic E-state index is 12.8. The molecule has 4 aromatic heterocycles. The number of hydrogen-bond donors (Lipinski definition) is 0. The van der Waals surface area contributed by atoms with Crippen LogP contribution in [0.25, 0.3) is 10.7 Å². The van der Waals surface area contributed by atoms with Crippen LogP contribution in [0.15, 0.2) is 47.4 Å². The van der Waals surface area contributed by atoms with Gasteiger partial charge in [0.1, 0.15) is 0 Å². The number of amides is 1. The summed E-state index contributed by atoms with van der Waals surface area (Å²) in [4.78, 5) is 29.1. The van der Waals surface area contributed by atoms with Gasteiger partial charge < -0.3 is 14.3 Å². The van der Waals surface area contributed by atoms with Gasteiger partial charge in [-0.1, -0.05) is 5.16 Å². The van der Waals surface area contributed by atoms with Crippen molar-refractivity contribution in [2.45, 2.75) is 25.6 Å². The molecule has 1 amide bonds. The Balaban J connectivity index is 1.39. The second-order valence-electron chi connectivity index (χ2n) is 7.61. The van der Waals surface area contributed by atoms with Crippen molar-refractivity contribution in [1.82, 2.24) is 35.2 Å². The number of halogens is 3. The molecule has 0 bridgehead atoms. The third-order valence-corrected chi connectivity index (χ3v) is 6.30. The number of anilines is 2. The number of hydrogen-bond acceptors (Lipinski definition) is 10. The smallest absolute Gasteiger partial charge is 0.337 e. The second kappa shape index (κ2) is 9.37. The van der Waals surface area contributed by atoms with E-state index in [0.717, 1.165) is 17.7 Å². The highest BCUT2D eigenvalue weighted by atomic mass is 32.1. The zero-order valence-electron chi connectivity index (χ0n) is 18.0. The SMILES string of the molecule is O=C(c1ccc(N(Cc2ccc(-c3noc(C(F)(F)F)n3)s2)c2cnccn2)nn1)N1CCCC1. The van der Waals surface area contributed by atoms with Crippen LogP contribution in [0.4, 0.5) is 24.8 Å². The molecule has 0 radical (unpaired) electrons. The van der Waals surface area contributed by atoms with E-state index in [2.05, 4.69) is 34.8 Å². The fourth-order valence-corrected chi connectivity index (χ4v) is 4.48. The van der Waals surface area contributed by atoms with Gasteiger partial charge in [-0.2, -0.15) is 18.2 Å². The summed E-state index contributed by atoms with van der Waals surface area (Å²) in [6, 6.07) is 6.65. The number of nitrogens with zero attached hydrogens (tertiary/aromatic N) is 8. The lowest BCUT2D eigenvalue weighted by molar-refractivity contribution is -0.159. The first kappa shape index (κ1) is 22.8. The largest absolute Gasteiger partial charge is 0.471 e. The lowest BCUT2D eigenvalue weighted by Gasteiger charge is -2.21. The zero-order chi connectivity index (χ0) is 24.4. The molecule has 35 heavy (non-hydrogen) atoms. The zero-order valence-corrected chi connectivity index (χ0v) is 18.8. The first-order valence-corrected chi connectivity index (χ1v) is 11.4. The Kier molecular flexibility index (Phi) is 6.11. The van der Waals surface area contributed by atoms with Crippen molar-refractivity contribution in [3.05, 3.63) is 59.3 Å². The molecule has 1 fully saturated rings. The minimum Gasteiger partial charge on any atom is -0.337 e. The number of rotatable bonds is 6. The summed E-state index contributed by atoms with van der Waals surface area (Å²) < 4.78 is 42.7. The van der Waals surface area contributed by atoms with Gasteiger partial charge in [0.15, 0.2) is 17.3 Å². The van der Waals surface area contributed by atoms with Crippen LogP contribution in [0.1, 0.15) is 34.1 Å². The molecule has 1 aliphatic heterocycles. The number of carbonyl (C=O) groups excluding carboxylic acids is 1. The van der Waals surface area contributed by atoms with Gasteiger partial charge in [0, 0.05) is 30.4 Å². The van der Waals surface area contributed by atoms with Crippen molar-refractivity contribution >= 4 is 28.9 Å². The normalized spacial score (nSPS) is 13.9. The van der Waals surface area contributed by atoms with Crippen LogP contribution in [-0.4, -0.2) is 54.2 Å². The molecule has 4 aromatic rings. The van der Waals surface area contributed by atoms with E-state index in [1.165, 1.54) is 23.7 Å². The van der Waals surface area contributed by atoms with E-state index in [4.69, 9.17) is 0 Å². The topological polar surface area (TPSA) is 114 Å². The van der Waals surface area contributed by atoms with Crippen LogP contribution < -0.4 is 4.90 Å². The molecule has 0 saturated carbocycles. The van der Waals surface area contributed by atoms with E-state index >= 15 is 0 Å². The standard InChI is InChI=1S/C21H17F3N8O2S/c22-21(23,24)20-27-18(30-34-20)15-5-3-13(35-15)12-32(17-11-25-7-8-26-17)16-6-4-14(28-29-16)19(33)31-9-1-2-10-31/h3-8,11H,1-2,9-10,12H2. The van der Waals surface area contributed by atoms with E-state index in [-0.39, 0.29) is 24.0 Å². The Morgan fingerprint density at radius 2 is 1.91 bits per heavy atom. The van der Waals surface area contributed by atoms with Crippen molar-refractivity contribution in [3.63, 3.8) is 0 Å². The predicted octanol–water partition coefficient (Wildman–Crippen LogP) is 3.97. The number of aromatic nitrogens is 6.